The van der Waals surface area contributed by atoms with Crippen LogP contribution in [0.25, 0.3) is 0 Å². The van der Waals surface area contributed by atoms with Crippen LogP contribution in [0.5, 0.6) is 5.88 Å². The summed E-state index contributed by atoms with van der Waals surface area (Å²) < 4.78 is 5.04. The van der Waals surface area contributed by atoms with Crippen LogP contribution in [0, 0.1) is 0 Å². The maximum Gasteiger partial charge on any atom is 0.315 e. The molecule has 0 aliphatic heterocycles. The number of rotatable bonds is 7. The molecular weight excluding hydrogens is 308 g/mol. The number of hydrogen-bond acceptors (Lipinski definition) is 4. The van der Waals surface area contributed by atoms with Crippen LogP contribution in [0.4, 0.5) is 4.79 Å². The molecule has 1 aromatic heterocycles. The molecule has 3 N–H and O–H groups in total. The van der Waals surface area contributed by atoms with Crippen LogP contribution in [-0.4, -0.2) is 36.6 Å². The third-order valence-electron chi connectivity index (χ3n) is 4.08. The van der Waals surface area contributed by atoms with Gasteiger partial charge in [-0.2, -0.15) is 0 Å². The van der Waals surface area contributed by atoms with Gasteiger partial charge < -0.3 is 20.7 Å². The van der Waals surface area contributed by atoms with E-state index in [0.29, 0.717) is 19.0 Å². The fourth-order valence-electron chi connectivity index (χ4n) is 2.73. The highest BCUT2D eigenvalue weighted by Gasteiger charge is 2.15. The number of nitrogens with zero attached hydrogens (tertiary/aromatic N) is 1. The summed E-state index contributed by atoms with van der Waals surface area (Å²) in [5.74, 6) is 0.409. The summed E-state index contributed by atoms with van der Waals surface area (Å²) in [7, 11) is 1.55. The van der Waals surface area contributed by atoms with Crippen molar-refractivity contribution in [3.8, 4) is 5.88 Å². The monoisotopic (exact) mass is 334 g/mol. The molecule has 1 fully saturated rings. The van der Waals surface area contributed by atoms with Gasteiger partial charge in [-0.05, 0) is 24.5 Å². The molecule has 0 unspecified atom stereocenters. The van der Waals surface area contributed by atoms with Gasteiger partial charge in [-0.25, -0.2) is 9.78 Å². The molecule has 1 aliphatic rings. The Balaban J connectivity index is 1.59. The summed E-state index contributed by atoms with van der Waals surface area (Å²) in [6, 6.07) is 3.68. The van der Waals surface area contributed by atoms with Crippen LogP contribution in [0.15, 0.2) is 18.3 Å². The Morgan fingerprint density at radius 1 is 1.25 bits per heavy atom. The van der Waals surface area contributed by atoms with Crippen LogP contribution in [0.3, 0.4) is 0 Å². The van der Waals surface area contributed by atoms with Gasteiger partial charge in [0.1, 0.15) is 0 Å². The van der Waals surface area contributed by atoms with Crippen molar-refractivity contribution < 1.29 is 14.3 Å². The van der Waals surface area contributed by atoms with Gasteiger partial charge in [0, 0.05) is 37.8 Å². The Bertz CT molecular complexity index is 544. The molecule has 7 heteroatoms. The first kappa shape index (κ1) is 18.0. The van der Waals surface area contributed by atoms with Gasteiger partial charge in [0.05, 0.1) is 7.11 Å². The molecule has 1 saturated carbocycles. The van der Waals surface area contributed by atoms with E-state index in [4.69, 9.17) is 4.74 Å². The van der Waals surface area contributed by atoms with E-state index in [0.717, 1.165) is 18.4 Å². The second kappa shape index (κ2) is 9.75. The van der Waals surface area contributed by atoms with Gasteiger partial charge in [-0.3, -0.25) is 4.79 Å². The number of carbonyl (C=O) groups is 2. The SMILES string of the molecule is COc1cc(CNC(=O)CCNC(=O)NC2CCCCC2)ccn1. The number of hydrogen-bond donors (Lipinski definition) is 3. The number of amides is 3. The fourth-order valence-corrected chi connectivity index (χ4v) is 2.73. The van der Waals surface area contributed by atoms with Crippen LogP contribution in [0.2, 0.25) is 0 Å². The molecule has 24 heavy (non-hydrogen) atoms. The van der Waals surface area contributed by atoms with E-state index in [9.17, 15) is 9.59 Å². The molecule has 0 spiro atoms. The zero-order chi connectivity index (χ0) is 17.2. The second-order valence-corrected chi connectivity index (χ2v) is 5.97. The molecule has 0 aromatic carbocycles. The molecule has 1 aromatic rings. The van der Waals surface area contributed by atoms with Crippen molar-refractivity contribution in [3.63, 3.8) is 0 Å². The van der Waals surface area contributed by atoms with Crippen LogP contribution in [0.1, 0.15) is 44.1 Å². The first-order chi connectivity index (χ1) is 11.7. The lowest BCUT2D eigenvalue weighted by atomic mass is 9.96. The highest BCUT2D eigenvalue weighted by Crippen LogP contribution is 2.17. The smallest absolute Gasteiger partial charge is 0.315 e. The van der Waals surface area contributed by atoms with Crippen molar-refractivity contribution >= 4 is 11.9 Å². The van der Waals surface area contributed by atoms with E-state index >= 15 is 0 Å². The Morgan fingerprint density at radius 3 is 2.79 bits per heavy atom. The van der Waals surface area contributed by atoms with Crippen molar-refractivity contribution in [2.45, 2.75) is 51.1 Å². The number of urea groups is 1. The van der Waals surface area contributed by atoms with Crippen molar-refractivity contribution in [2.24, 2.45) is 0 Å². The summed E-state index contributed by atoms with van der Waals surface area (Å²) in [6.07, 6.45) is 7.58. The minimum Gasteiger partial charge on any atom is -0.481 e. The van der Waals surface area contributed by atoms with E-state index in [1.165, 1.54) is 19.3 Å². The molecule has 0 saturated heterocycles. The predicted octanol–water partition coefficient (Wildman–Crippen LogP) is 1.73. The summed E-state index contributed by atoms with van der Waals surface area (Å²) in [4.78, 5) is 27.6. The predicted molar refractivity (Wildman–Crippen MR) is 90.7 cm³/mol. The molecule has 0 bridgehead atoms. The topological polar surface area (TPSA) is 92.4 Å². The molecular formula is C17H26N4O3. The standard InChI is InChI=1S/C17H26N4O3/c1-24-16-11-13(7-9-18-16)12-20-15(22)8-10-19-17(23)21-14-5-3-2-4-6-14/h7,9,11,14H,2-6,8,10,12H2,1H3,(H,20,22)(H2,19,21,23). The Kier molecular flexibility index (Phi) is 7.32. The zero-order valence-corrected chi connectivity index (χ0v) is 14.1. The number of carbonyl (C=O) groups excluding carboxylic acids is 2. The number of methoxy groups -OCH3 is 1. The normalized spacial score (nSPS) is 14.7. The maximum absolute atomic E-state index is 11.8. The molecule has 3 amide bonds. The van der Waals surface area contributed by atoms with Gasteiger partial charge in [0.15, 0.2) is 0 Å². The van der Waals surface area contributed by atoms with Gasteiger partial charge >= 0.3 is 6.03 Å². The molecule has 0 atom stereocenters. The summed E-state index contributed by atoms with van der Waals surface area (Å²) >= 11 is 0. The van der Waals surface area contributed by atoms with Gasteiger partial charge in [-0.1, -0.05) is 19.3 Å². The Labute approximate surface area is 142 Å². The Morgan fingerprint density at radius 2 is 2.04 bits per heavy atom. The largest absolute Gasteiger partial charge is 0.481 e. The van der Waals surface area contributed by atoms with E-state index in [2.05, 4.69) is 20.9 Å². The summed E-state index contributed by atoms with van der Waals surface area (Å²) in [5, 5.41) is 8.51. The van der Waals surface area contributed by atoms with Gasteiger partial charge in [0.2, 0.25) is 11.8 Å². The lowest BCUT2D eigenvalue weighted by Crippen LogP contribution is -2.43. The zero-order valence-electron chi connectivity index (χ0n) is 14.1. The third kappa shape index (κ3) is 6.44. The highest BCUT2D eigenvalue weighted by molar-refractivity contribution is 5.78. The average molecular weight is 334 g/mol. The first-order valence-corrected chi connectivity index (χ1v) is 8.47. The molecule has 7 nitrogen and oxygen atoms in total. The number of nitrogens with one attached hydrogen (secondary N) is 3. The van der Waals surface area contributed by atoms with Crippen molar-refractivity contribution in [3.05, 3.63) is 23.9 Å². The summed E-state index contributed by atoms with van der Waals surface area (Å²) in [5.41, 5.74) is 0.915. The quantitative estimate of drug-likeness (QED) is 0.708. The maximum atomic E-state index is 11.8. The number of pyridine rings is 1. The molecule has 0 radical (unpaired) electrons. The van der Waals surface area contributed by atoms with Gasteiger partial charge in [-0.15, -0.1) is 0 Å². The molecule has 1 aliphatic carbocycles. The minimum atomic E-state index is -0.187. The second-order valence-electron chi connectivity index (χ2n) is 5.97. The van der Waals surface area contributed by atoms with E-state index in [-0.39, 0.29) is 24.4 Å². The van der Waals surface area contributed by atoms with E-state index in [1.54, 1.807) is 19.4 Å². The van der Waals surface area contributed by atoms with Crippen molar-refractivity contribution in [1.29, 1.82) is 0 Å². The highest BCUT2D eigenvalue weighted by atomic mass is 16.5. The average Bonchev–Trinajstić information content (AvgIpc) is 2.61. The van der Waals surface area contributed by atoms with E-state index in [1.807, 2.05) is 6.07 Å². The van der Waals surface area contributed by atoms with Crippen molar-refractivity contribution in [1.82, 2.24) is 20.9 Å². The fraction of sp³-hybridized carbons (Fsp3) is 0.588. The lowest BCUT2D eigenvalue weighted by Gasteiger charge is -2.22. The third-order valence-corrected chi connectivity index (χ3v) is 4.08. The van der Waals surface area contributed by atoms with E-state index < -0.39 is 0 Å². The summed E-state index contributed by atoms with van der Waals surface area (Å²) in [6.45, 7) is 0.732. The van der Waals surface area contributed by atoms with Crippen LogP contribution in [-0.2, 0) is 11.3 Å². The molecule has 1 heterocycles. The van der Waals surface area contributed by atoms with Crippen LogP contribution < -0.4 is 20.7 Å². The number of aromatic nitrogens is 1. The molecule has 2 rings (SSSR count). The van der Waals surface area contributed by atoms with Crippen LogP contribution >= 0.6 is 0 Å². The first-order valence-electron chi connectivity index (χ1n) is 8.47. The van der Waals surface area contributed by atoms with Crippen molar-refractivity contribution in [2.75, 3.05) is 13.7 Å². The minimum absolute atomic E-state index is 0.108. The number of ether oxygens (including phenoxy) is 1. The Hall–Kier alpha value is -2.31. The molecule has 132 valence electrons. The lowest BCUT2D eigenvalue weighted by molar-refractivity contribution is -0.121. The van der Waals surface area contributed by atoms with Gasteiger partial charge in [0.25, 0.3) is 0 Å².